The Balaban J connectivity index is 2.55. The third-order valence-electron chi connectivity index (χ3n) is 3.81. The molecular weight excluding hydrogens is 232 g/mol. The molecule has 1 rings (SSSR count). The van der Waals surface area contributed by atoms with Crippen molar-refractivity contribution in [2.75, 3.05) is 0 Å². The van der Waals surface area contributed by atoms with E-state index in [1.54, 1.807) is 0 Å². The predicted molar refractivity (Wildman–Crippen MR) is 83.9 cm³/mol. The van der Waals surface area contributed by atoms with Gasteiger partial charge in [-0.1, -0.05) is 58.1 Å². The highest BCUT2D eigenvalue weighted by Gasteiger charge is 2.06. The van der Waals surface area contributed by atoms with Crippen molar-refractivity contribution < 1.29 is 5.11 Å². The van der Waals surface area contributed by atoms with Gasteiger partial charge in [-0.2, -0.15) is 0 Å². The van der Waals surface area contributed by atoms with E-state index in [1.165, 1.54) is 44.1 Å². The average Bonchev–Trinajstić information content (AvgIpc) is 2.40. The number of benzene rings is 1. The second-order valence-corrected chi connectivity index (χ2v) is 5.69. The largest absolute Gasteiger partial charge is 0.507 e. The van der Waals surface area contributed by atoms with E-state index in [-0.39, 0.29) is 0 Å². The first-order valence-electron chi connectivity index (χ1n) is 8.00. The topological polar surface area (TPSA) is 20.2 Å². The Kier molecular flexibility index (Phi) is 7.62. The lowest BCUT2D eigenvalue weighted by molar-refractivity contribution is 0.462. The van der Waals surface area contributed by atoms with Crippen LogP contribution in [0.2, 0.25) is 0 Å². The molecule has 1 N–H and O–H groups in total. The van der Waals surface area contributed by atoms with Crippen molar-refractivity contribution in [3.63, 3.8) is 0 Å². The molecule has 1 heteroatoms. The molecule has 0 bridgehead atoms. The molecular formula is C18H30O. The molecule has 0 saturated carbocycles. The second kappa shape index (κ2) is 9.01. The summed E-state index contributed by atoms with van der Waals surface area (Å²) in [5, 5.41) is 10.1. The normalized spacial score (nSPS) is 10.9. The zero-order valence-electron chi connectivity index (χ0n) is 13.0. The van der Waals surface area contributed by atoms with Crippen molar-refractivity contribution in [3.8, 4) is 5.75 Å². The number of phenolic OH excluding ortho intramolecular Hbond substituents is 1. The van der Waals surface area contributed by atoms with Crippen LogP contribution in [0.1, 0.15) is 75.5 Å². The maximum Gasteiger partial charge on any atom is 0.121 e. The fourth-order valence-corrected chi connectivity index (χ4v) is 2.57. The Bertz CT molecular complexity index is 368. The monoisotopic (exact) mass is 262 g/mol. The third-order valence-corrected chi connectivity index (χ3v) is 3.81. The molecule has 108 valence electrons. The molecule has 0 aliphatic rings. The molecule has 0 radical (unpaired) electrons. The van der Waals surface area contributed by atoms with Crippen LogP contribution < -0.4 is 0 Å². The van der Waals surface area contributed by atoms with Gasteiger partial charge in [0.1, 0.15) is 5.75 Å². The molecule has 1 aromatic carbocycles. The van der Waals surface area contributed by atoms with Gasteiger partial charge in [0, 0.05) is 0 Å². The summed E-state index contributed by atoms with van der Waals surface area (Å²) in [5.41, 5.74) is 3.58. The number of unbranched alkanes of at least 4 members (excludes halogenated alkanes) is 5. The Morgan fingerprint density at radius 3 is 2.21 bits per heavy atom. The summed E-state index contributed by atoms with van der Waals surface area (Å²) in [6.45, 7) is 6.47. The van der Waals surface area contributed by atoms with Crippen molar-refractivity contribution >= 4 is 0 Å². The Labute approximate surface area is 119 Å². The maximum absolute atomic E-state index is 10.1. The Morgan fingerprint density at radius 2 is 1.53 bits per heavy atom. The molecule has 0 atom stereocenters. The van der Waals surface area contributed by atoms with Crippen LogP contribution in [-0.4, -0.2) is 5.11 Å². The molecule has 0 aliphatic carbocycles. The van der Waals surface area contributed by atoms with Gasteiger partial charge in [0.25, 0.3) is 0 Å². The van der Waals surface area contributed by atoms with Crippen molar-refractivity contribution in [1.29, 1.82) is 0 Å². The molecule has 0 unspecified atom stereocenters. The van der Waals surface area contributed by atoms with Crippen LogP contribution in [0.5, 0.6) is 5.75 Å². The smallest absolute Gasteiger partial charge is 0.121 e. The SMILES string of the molecule is CCCCCCCc1cc(C)c(O)c(CCCC)c1. The minimum atomic E-state index is 0.517. The van der Waals surface area contributed by atoms with Crippen LogP contribution in [0.3, 0.4) is 0 Å². The van der Waals surface area contributed by atoms with Gasteiger partial charge in [0.15, 0.2) is 0 Å². The minimum absolute atomic E-state index is 0.517. The van der Waals surface area contributed by atoms with Crippen molar-refractivity contribution in [2.24, 2.45) is 0 Å². The molecule has 0 spiro atoms. The lowest BCUT2D eigenvalue weighted by atomic mass is 9.97. The molecule has 0 heterocycles. The maximum atomic E-state index is 10.1. The number of aromatic hydroxyl groups is 1. The van der Waals surface area contributed by atoms with E-state index in [4.69, 9.17) is 0 Å². The van der Waals surface area contributed by atoms with Crippen molar-refractivity contribution in [3.05, 3.63) is 28.8 Å². The van der Waals surface area contributed by atoms with Crippen LogP contribution in [0.4, 0.5) is 0 Å². The summed E-state index contributed by atoms with van der Waals surface area (Å²) in [6, 6.07) is 4.38. The standard InChI is InChI=1S/C18H30O/c1-4-6-8-9-10-11-16-13-15(3)18(19)17(14-16)12-7-5-2/h13-14,19H,4-12H2,1-3H3. The summed E-state index contributed by atoms with van der Waals surface area (Å²) in [7, 11) is 0. The first-order valence-corrected chi connectivity index (χ1v) is 8.00. The molecule has 19 heavy (non-hydrogen) atoms. The van der Waals surface area contributed by atoms with Gasteiger partial charge in [-0.25, -0.2) is 0 Å². The van der Waals surface area contributed by atoms with Gasteiger partial charge in [0.05, 0.1) is 0 Å². The highest BCUT2D eigenvalue weighted by Crippen LogP contribution is 2.26. The predicted octanol–water partition coefficient (Wildman–Crippen LogP) is 5.56. The summed E-state index contributed by atoms with van der Waals surface area (Å²) in [4.78, 5) is 0. The van der Waals surface area contributed by atoms with Crippen LogP contribution in [0.15, 0.2) is 12.1 Å². The first kappa shape index (κ1) is 16.1. The molecule has 1 nitrogen and oxygen atoms in total. The fourth-order valence-electron chi connectivity index (χ4n) is 2.57. The van der Waals surface area contributed by atoms with Gasteiger partial charge >= 0.3 is 0 Å². The van der Waals surface area contributed by atoms with E-state index in [9.17, 15) is 5.11 Å². The highest BCUT2D eigenvalue weighted by atomic mass is 16.3. The number of hydrogen-bond donors (Lipinski definition) is 1. The number of hydrogen-bond acceptors (Lipinski definition) is 1. The number of phenols is 1. The van der Waals surface area contributed by atoms with Crippen LogP contribution >= 0.6 is 0 Å². The van der Waals surface area contributed by atoms with Gasteiger partial charge in [-0.05, 0) is 49.3 Å². The van der Waals surface area contributed by atoms with Crippen molar-refractivity contribution in [2.45, 2.75) is 78.6 Å². The first-order chi connectivity index (χ1) is 9.19. The van der Waals surface area contributed by atoms with E-state index < -0.39 is 0 Å². The fraction of sp³-hybridized carbons (Fsp3) is 0.667. The summed E-state index contributed by atoms with van der Waals surface area (Å²) in [5.74, 6) is 0.517. The molecule has 0 amide bonds. The average molecular weight is 262 g/mol. The number of rotatable bonds is 9. The summed E-state index contributed by atoms with van der Waals surface area (Å²) < 4.78 is 0. The van der Waals surface area contributed by atoms with Gasteiger partial charge in [-0.3, -0.25) is 0 Å². The zero-order valence-corrected chi connectivity index (χ0v) is 13.0. The molecule has 0 saturated heterocycles. The van der Waals surface area contributed by atoms with Gasteiger partial charge in [0.2, 0.25) is 0 Å². The van der Waals surface area contributed by atoms with Gasteiger partial charge < -0.3 is 5.11 Å². The molecule has 1 aromatic rings. The molecule has 0 fully saturated rings. The van der Waals surface area contributed by atoms with E-state index in [1.807, 2.05) is 6.92 Å². The van der Waals surface area contributed by atoms with Crippen LogP contribution in [0, 0.1) is 6.92 Å². The van der Waals surface area contributed by atoms with E-state index >= 15 is 0 Å². The minimum Gasteiger partial charge on any atom is -0.507 e. The third kappa shape index (κ3) is 5.67. The Hall–Kier alpha value is -0.980. The van der Waals surface area contributed by atoms with Gasteiger partial charge in [-0.15, -0.1) is 0 Å². The van der Waals surface area contributed by atoms with E-state index in [0.29, 0.717) is 5.75 Å². The summed E-state index contributed by atoms with van der Waals surface area (Å²) in [6.07, 6.45) is 11.1. The van der Waals surface area contributed by atoms with Crippen LogP contribution in [-0.2, 0) is 12.8 Å². The van der Waals surface area contributed by atoms with Crippen LogP contribution in [0.25, 0.3) is 0 Å². The number of aryl methyl sites for hydroxylation is 3. The van der Waals surface area contributed by atoms with E-state index in [0.717, 1.165) is 30.4 Å². The highest BCUT2D eigenvalue weighted by molar-refractivity contribution is 5.43. The zero-order chi connectivity index (χ0) is 14.1. The molecule has 0 aromatic heterocycles. The lowest BCUT2D eigenvalue weighted by Crippen LogP contribution is -1.94. The quantitative estimate of drug-likeness (QED) is 0.578. The van der Waals surface area contributed by atoms with Crippen molar-refractivity contribution in [1.82, 2.24) is 0 Å². The lowest BCUT2D eigenvalue weighted by Gasteiger charge is -2.11. The Morgan fingerprint density at radius 1 is 0.842 bits per heavy atom. The second-order valence-electron chi connectivity index (χ2n) is 5.69. The summed E-state index contributed by atoms with van der Waals surface area (Å²) >= 11 is 0. The molecule has 0 aliphatic heterocycles. The van der Waals surface area contributed by atoms with E-state index in [2.05, 4.69) is 26.0 Å².